The number of carboxylic acids is 1. The number of carbonyl (C=O) groups is 3. The maximum Gasteiger partial charge on any atom is 0.345 e. The van der Waals surface area contributed by atoms with Crippen molar-refractivity contribution < 1.29 is 19.5 Å². The summed E-state index contributed by atoms with van der Waals surface area (Å²) in [5.74, 6) is -1.13. The van der Waals surface area contributed by atoms with Gasteiger partial charge in [0.2, 0.25) is 5.91 Å². The minimum Gasteiger partial charge on any atom is -0.477 e. The number of hydrogen-bond acceptors (Lipinski definition) is 4. The molecule has 4 N–H and O–H groups in total. The summed E-state index contributed by atoms with van der Waals surface area (Å²) in [6.07, 6.45) is 0. The van der Waals surface area contributed by atoms with Gasteiger partial charge in [0.25, 0.3) is 0 Å². The molecule has 0 aromatic carbocycles. The summed E-state index contributed by atoms with van der Waals surface area (Å²) in [4.78, 5) is 33.6. The Balaban J connectivity index is 2.22. The third kappa shape index (κ3) is 5.87. The van der Waals surface area contributed by atoms with Crippen molar-refractivity contribution in [3.05, 3.63) is 21.9 Å². The van der Waals surface area contributed by atoms with Gasteiger partial charge in [0.05, 0.1) is 6.54 Å². The quantitative estimate of drug-likeness (QED) is 0.567. The lowest BCUT2D eigenvalue weighted by Gasteiger charge is -2.06. The van der Waals surface area contributed by atoms with Gasteiger partial charge in [-0.1, -0.05) is 0 Å². The standard InChI is InChI=1S/C11H15N3O4S/c1-7(15)12-4-5-13-11(18)14-6-8-2-3-9(19-8)10(16)17/h2-3H,4-6H2,1H3,(H,12,15)(H,16,17)(H2,13,14,18). The average Bonchev–Trinajstić information content (AvgIpc) is 2.81. The molecule has 7 nitrogen and oxygen atoms in total. The van der Waals surface area contributed by atoms with Gasteiger partial charge in [-0.2, -0.15) is 0 Å². The number of thiophene rings is 1. The Bertz CT molecular complexity index is 472. The van der Waals surface area contributed by atoms with E-state index in [-0.39, 0.29) is 23.4 Å². The van der Waals surface area contributed by atoms with E-state index in [9.17, 15) is 14.4 Å². The molecule has 1 rings (SSSR count). The van der Waals surface area contributed by atoms with Crippen LogP contribution in [0.15, 0.2) is 12.1 Å². The van der Waals surface area contributed by atoms with Gasteiger partial charge in [0, 0.05) is 24.9 Å². The van der Waals surface area contributed by atoms with E-state index in [1.165, 1.54) is 13.0 Å². The molecular weight excluding hydrogens is 270 g/mol. The molecule has 1 heterocycles. The first-order valence-electron chi connectivity index (χ1n) is 5.57. The van der Waals surface area contributed by atoms with Crippen LogP contribution in [0.3, 0.4) is 0 Å². The second-order valence-corrected chi connectivity index (χ2v) is 4.83. The normalized spacial score (nSPS) is 9.74. The highest BCUT2D eigenvalue weighted by Gasteiger charge is 2.07. The van der Waals surface area contributed by atoms with Crippen LogP contribution in [0.5, 0.6) is 0 Å². The van der Waals surface area contributed by atoms with Gasteiger partial charge in [-0.05, 0) is 12.1 Å². The van der Waals surface area contributed by atoms with Gasteiger partial charge in [-0.3, -0.25) is 4.79 Å². The van der Waals surface area contributed by atoms with Crippen LogP contribution in [-0.4, -0.2) is 36.1 Å². The van der Waals surface area contributed by atoms with Gasteiger partial charge in [0.1, 0.15) is 4.88 Å². The van der Waals surface area contributed by atoms with Gasteiger partial charge in [0.15, 0.2) is 0 Å². The highest BCUT2D eigenvalue weighted by molar-refractivity contribution is 7.13. The Morgan fingerprint density at radius 1 is 1.16 bits per heavy atom. The Labute approximate surface area is 114 Å². The largest absolute Gasteiger partial charge is 0.477 e. The summed E-state index contributed by atoms with van der Waals surface area (Å²) in [5, 5.41) is 16.4. The van der Waals surface area contributed by atoms with Crippen LogP contribution in [0, 0.1) is 0 Å². The lowest BCUT2D eigenvalue weighted by atomic mass is 10.4. The Morgan fingerprint density at radius 2 is 1.84 bits per heavy atom. The number of carbonyl (C=O) groups excluding carboxylic acids is 2. The Morgan fingerprint density at radius 3 is 2.42 bits per heavy atom. The first-order valence-corrected chi connectivity index (χ1v) is 6.39. The lowest BCUT2D eigenvalue weighted by molar-refractivity contribution is -0.118. The smallest absolute Gasteiger partial charge is 0.345 e. The maximum atomic E-state index is 11.4. The molecule has 104 valence electrons. The topological polar surface area (TPSA) is 108 Å². The molecule has 0 fully saturated rings. The predicted molar refractivity (Wildman–Crippen MR) is 70.2 cm³/mol. The molecule has 8 heteroatoms. The molecule has 0 aliphatic heterocycles. The minimum absolute atomic E-state index is 0.151. The molecular formula is C11H15N3O4S. The summed E-state index contributed by atoms with van der Waals surface area (Å²) in [5.41, 5.74) is 0. The zero-order valence-electron chi connectivity index (χ0n) is 10.4. The molecule has 0 saturated carbocycles. The van der Waals surface area contributed by atoms with E-state index >= 15 is 0 Å². The van der Waals surface area contributed by atoms with Gasteiger partial charge < -0.3 is 21.1 Å². The molecule has 0 atom stereocenters. The van der Waals surface area contributed by atoms with Gasteiger partial charge in [-0.15, -0.1) is 11.3 Å². The summed E-state index contributed by atoms with van der Waals surface area (Å²) >= 11 is 1.12. The second-order valence-electron chi connectivity index (χ2n) is 3.66. The van der Waals surface area contributed by atoms with Crippen LogP contribution < -0.4 is 16.0 Å². The van der Waals surface area contributed by atoms with Crippen molar-refractivity contribution in [2.24, 2.45) is 0 Å². The van der Waals surface area contributed by atoms with Crippen LogP contribution in [0.1, 0.15) is 21.5 Å². The van der Waals surface area contributed by atoms with Crippen molar-refractivity contribution in [2.45, 2.75) is 13.5 Å². The molecule has 0 bridgehead atoms. The van der Waals surface area contributed by atoms with Crippen LogP contribution in [0.4, 0.5) is 4.79 Å². The molecule has 19 heavy (non-hydrogen) atoms. The molecule has 0 radical (unpaired) electrons. The summed E-state index contributed by atoms with van der Waals surface area (Å²) < 4.78 is 0. The van der Waals surface area contributed by atoms with E-state index in [0.717, 1.165) is 16.2 Å². The van der Waals surface area contributed by atoms with Crippen molar-refractivity contribution in [1.29, 1.82) is 0 Å². The fourth-order valence-corrected chi connectivity index (χ4v) is 2.02. The molecule has 0 aliphatic rings. The van der Waals surface area contributed by atoms with Crippen molar-refractivity contribution in [3.8, 4) is 0 Å². The maximum absolute atomic E-state index is 11.4. The number of aromatic carboxylic acids is 1. The molecule has 3 amide bonds. The fraction of sp³-hybridized carbons (Fsp3) is 0.364. The van der Waals surface area contributed by atoms with Crippen LogP contribution >= 0.6 is 11.3 Å². The minimum atomic E-state index is -0.976. The van der Waals surface area contributed by atoms with E-state index in [1.54, 1.807) is 6.07 Å². The Hall–Kier alpha value is -2.09. The third-order valence-corrected chi connectivity index (χ3v) is 3.15. The molecule has 0 saturated heterocycles. The fourth-order valence-electron chi connectivity index (χ4n) is 1.23. The Kier molecular flexibility index (Phi) is 5.80. The monoisotopic (exact) mass is 285 g/mol. The van der Waals surface area contributed by atoms with Crippen LogP contribution in [0.2, 0.25) is 0 Å². The van der Waals surface area contributed by atoms with Crippen LogP contribution in [-0.2, 0) is 11.3 Å². The number of hydrogen-bond donors (Lipinski definition) is 4. The van der Waals surface area contributed by atoms with E-state index < -0.39 is 5.97 Å². The lowest BCUT2D eigenvalue weighted by Crippen LogP contribution is -2.39. The number of amides is 3. The summed E-state index contributed by atoms with van der Waals surface area (Å²) in [6.45, 7) is 2.36. The van der Waals surface area contributed by atoms with Crippen molar-refractivity contribution in [1.82, 2.24) is 16.0 Å². The van der Waals surface area contributed by atoms with Crippen molar-refractivity contribution in [3.63, 3.8) is 0 Å². The van der Waals surface area contributed by atoms with E-state index in [1.807, 2.05) is 0 Å². The molecule has 0 spiro atoms. The highest BCUT2D eigenvalue weighted by atomic mass is 32.1. The number of carboxylic acid groups (broad SMARTS) is 1. The SMILES string of the molecule is CC(=O)NCCNC(=O)NCc1ccc(C(=O)O)s1. The highest BCUT2D eigenvalue weighted by Crippen LogP contribution is 2.15. The molecule has 1 aromatic heterocycles. The van der Waals surface area contributed by atoms with Crippen LogP contribution in [0.25, 0.3) is 0 Å². The third-order valence-electron chi connectivity index (χ3n) is 2.08. The van der Waals surface area contributed by atoms with E-state index in [0.29, 0.717) is 13.1 Å². The van der Waals surface area contributed by atoms with Gasteiger partial charge >= 0.3 is 12.0 Å². The number of nitrogens with one attached hydrogen (secondary N) is 3. The summed E-state index contributed by atoms with van der Waals surface area (Å²) in [7, 11) is 0. The predicted octanol–water partition coefficient (Wildman–Crippen LogP) is 0.382. The first-order chi connectivity index (χ1) is 8.99. The van der Waals surface area contributed by atoms with E-state index in [4.69, 9.17) is 5.11 Å². The molecule has 1 aromatic rings. The van der Waals surface area contributed by atoms with Gasteiger partial charge in [-0.25, -0.2) is 9.59 Å². The summed E-state index contributed by atoms with van der Waals surface area (Å²) in [6, 6.07) is 2.79. The molecule has 0 unspecified atom stereocenters. The first kappa shape index (κ1) is 15.0. The average molecular weight is 285 g/mol. The zero-order chi connectivity index (χ0) is 14.3. The number of rotatable bonds is 6. The van der Waals surface area contributed by atoms with E-state index in [2.05, 4.69) is 16.0 Å². The second kappa shape index (κ2) is 7.37. The molecule has 0 aliphatic carbocycles. The van der Waals surface area contributed by atoms with Crippen molar-refractivity contribution in [2.75, 3.05) is 13.1 Å². The zero-order valence-corrected chi connectivity index (χ0v) is 11.2. The number of urea groups is 1. The van der Waals surface area contributed by atoms with Crippen molar-refractivity contribution >= 4 is 29.2 Å².